The normalized spacial score (nSPS) is 21.4. The summed E-state index contributed by atoms with van der Waals surface area (Å²) < 4.78 is 6.26. The smallest absolute Gasteiger partial charge is 0.159 e. The number of fused-ring (bicyclic) bond motifs is 3. The van der Waals surface area contributed by atoms with E-state index in [1.54, 1.807) is 6.92 Å². The molecule has 2 aliphatic rings. The van der Waals surface area contributed by atoms with Crippen molar-refractivity contribution in [3.05, 3.63) is 107 Å². The molecule has 150 valence electrons. The summed E-state index contributed by atoms with van der Waals surface area (Å²) in [5.74, 6) is 1.75. The second-order valence-electron chi connectivity index (χ2n) is 8.15. The number of allylic oxidation sites excluding steroid dienone is 2. The Bertz CT molecular complexity index is 1100. The molecule has 5 rings (SSSR count). The van der Waals surface area contributed by atoms with Gasteiger partial charge in [-0.1, -0.05) is 60.7 Å². The molecule has 3 nitrogen and oxygen atoms in total. The van der Waals surface area contributed by atoms with Gasteiger partial charge in [0.2, 0.25) is 0 Å². The molecule has 0 saturated carbocycles. The van der Waals surface area contributed by atoms with Crippen LogP contribution in [0.15, 0.2) is 84.9 Å². The van der Waals surface area contributed by atoms with Crippen LogP contribution in [0.4, 0.5) is 5.69 Å². The molecule has 0 saturated heterocycles. The van der Waals surface area contributed by atoms with Crippen molar-refractivity contribution >= 4 is 11.5 Å². The molecule has 3 heteroatoms. The maximum Gasteiger partial charge on any atom is 0.159 e. The van der Waals surface area contributed by atoms with Crippen molar-refractivity contribution in [2.24, 2.45) is 5.92 Å². The Balaban J connectivity index is 1.47. The Morgan fingerprint density at radius 1 is 1.00 bits per heavy atom. The number of Topliss-reactive ketones (excluding diaryl/α,β-unsaturated/α-hetero) is 1. The zero-order valence-electron chi connectivity index (χ0n) is 17.0. The standard InChI is InChI=1S/C27H25NO2/c1-18(29)20-14-15-25-24(16-20)21-11-7-12-22(21)27(28-25)23-10-5-6-13-26(23)30-17-19-8-3-2-4-9-19/h2-11,13-16,21-22,27-28H,12,17H2,1H3. The van der Waals surface area contributed by atoms with E-state index in [0.29, 0.717) is 18.4 Å². The molecule has 0 spiro atoms. The lowest BCUT2D eigenvalue weighted by atomic mass is 9.76. The summed E-state index contributed by atoms with van der Waals surface area (Å²) in [6.45, 7) is 2.18. The molecule has 3 aromatic rings. The van der Waals surface area contributed by atoms with Crippen LogP contribution < -0.4 is 10.1 Å². The van der Waals surface area contributed by atoms with Crippen LogP contribution in [-0.2, 0) is 6.61 Å². The SMILES string of the molecule is CC(=O)c1ccc2c(c1)C1C=CCC1C(c1ccccc1OCc1ccccc1)N2. The highest BCUT2D eigenvalue weighted by molar-refractivity contribution is 5.95. The van der Waals surface area contributed by atoms with Gasteiger partial charge in [0.1, 0.15) is 12.4 Å². The van der Waals surface area contributed by atoms with Crippen molar-refractivity contribution in [2.45, 2.75) is 31.9 Å². The highest BCUT2D eigenvalue weighted by atomic mass is 16.5. The molecular weight excluding hydrogens is 370 g/mol. The average Bonchev–Trinajstić information content (AvgIpc) is 3.28. The average molecular weight is 396 g/mol. The molecule has 0 fully saturated rings. The van der Waals surface area contributed by atoms with Gasteiger partial charge in [0.25, 0.3) is 0 Å². The molecule has 1 aliphatic carbocycles. The van der Waals surface area contributed by atoms with E-state index in [0.717, 1.165) is 29.0 Å². The van der Waals surface area contributed by atoms with Gasteiger partial charge in [-0.15, -0.1) is 0 Å². The Kier molecular flexibility index (Phi) is 4.88. The van der Waals surface area contributed by atoms with Crippen molar-refractivity contribution in [1.29, 1.82) is 0 Å². The highest BCUT2D eigenvalue weighted by Crippen LogP contribution is 2.51. The minimum absolute atomic E-state index is 0.109. The molecule has 3 aromatic carbocycles. The highest BCUT2D eigenvalue weighted by Gasteiger charge is 2.39. The van der Waals surface area contributed by atoms with Crippen molar-refractivity contribution < 1.29 is 9.53 Å². The fraction of sp³-hybridized carbons (Fsp3) is 0.222. The van der Waals surface area contributed by atoms with Crippen LogP contribution in [0.2, 0.25) is 0 Å². The first-order chi connectivity index (χ1) is 14.7. The van der Waals surface area contributed by atoms with Gasteiger partial charge in [-0.25, -0.2) is 0 Å². The van der Waals surface area contributed by atoms with Crippen LogP contribution >= 0.6 is 0 Å². The molecule has 3 atom stereocenters. The summed E-state index contributed by atoms with van der Waals surface area (Å²) in [5.41, 5.74) is 5.45. The first-order valence-corrected chi connectivity index (χ1v) is 10.5. The van der Waals surface area contributed by atoms with Crippen LogP contribution in [0.5, 0.6) is 5.75 Å². The Morgan fingerprint density at radius 3 is 2.63 bits per heavy atom. The monoisotopic (exact) mass is 395 g/mol. The number of para-hydroxylation sites is 1. The number of ketones is 1. The molecule has 0 amide bonds. The molecule has 1 N–H and O–H groups in total. The number of hydrogen-bond donors (Lipinski definition) is 1. The summed E-state index contributed by atoms with van der Waals surface area (Å²) >= 11 is 0. The second-order valence-corrected chi connectivity index (χ2v) is 8.15. The number of anilines is 1. The maximum absolute atomic E-state index is 11.9. The van der Waals surface area contributed by atoms with Gasteiger partial charge in [0.05, 0.1) is 6.04 Å². The van der Waals surface area contributed by atoms with Crippen molar-refractivity contribution in [3.63, 3.8) is 0 Å². The minimum Gasteiger partial charge on any atom is -0.489 e. The lowest BCUT2D eigenvalue weighted by Crippen LogP contribution is -2.29. The Morgan fingerprint density at radius 2 is 1.80 bits per heavy atom. The van der Waals surface area contributed by atoms with Gasteiger partial charge in [0, 0.05) is 22.7 Å². The molecule has 30 heavy (non-hydrogen) atoms. The molecule has 1 aliphatic heterocycles. The van der Waals surface area contributed by atoms with Crippen molar-refractivity contribution in [2.75, 3.05) is 5.32 Å². The van der Waals surface area contributed by atoms with Crippen molar-refractivity contribution in [3.8, 4) is 5.75 Å². The van der Waals surface area contributed by atoms with Gasteiger partial charge in [-0.05, 0) is 54.7 Å². The molecule has 0 bridgehead atoms. The van der Waals surface area contributed by atoms with E-state index in [9.17, 15) is 4.79 Å². The van der Waals surface area contributed by atoms with Crippen LogP contribution in [0.25, 0.3) is 0 Å². The molecular formula is C27H25NO2. The van der Waals surface area contributed by atoms with Gasteiger partial charge < -0.3 is 10.1 Å². The number of ether oxygens (including phenoxy) is 1. The summed E-state index contributed by atoms with van der Waals surface area (Å²) in [6, 6.07) is 24.8. The summed E-state index contributed by atoms with van der Waals surface area (Å²) in [4.78, 5) is 11.9. The molecule has 0 radical (unpaired) electrons. The molecule has 3 unspecified atom stereocenters. The third kappa shape index (κ3) is 3.41. The fourth-order valence-corrected chi connectivity index (χ4v) is 4.73. The summed E-state index contributed by atoms with van der Waals surface area (Å²) in [7, 11) is 0. The largest absolute Gasteiger partial charge is 0.489 e. The quantitative estimate of drug-likeness (QED) is 0.407. The van der Waals surface area contributed by atoms with Crippen LogP contribution in [0.3, 0.4) is 0 Å². The lowest BCUT2D eigenvalue weighted by molar-refractivity contribution is 0.101. The number of carbonyl (C=O) groups is 1. The van der Waals surface area contributed by atoms with E-state index >= 15 is 0 Å². The number of nitrogens with one attached hydrogen (secondary N) is 1. The van der Waals surface area contributed by atoms with Gasteiger partial charge in [-0.2, -0.15) is 0 Å². The lowest BCUT2D eigenvalue weighted by Gasteiger charge is -2.38. The summed E-state index contributed by atoms with van der Waals surface area (Å²) in [5, 5.41) is 3.76. The first kappa shape index (κ1) is 18.7. The zero-order chi connectivity index (χ0) is 20.5. The molecule has 0 aromatic heterocycles. The summed E-state index contributed by atoms with van der Waals surface area (Å²) in [6.07, 6.45) is 5.58. The van der Waals surface area contributed by atoms with E-state index < -0.39 is 0 Å². The van der Waals surface area contributed by atoms with Crippen LogP contribution in [0.1, 0.15) is 52.4 Å². The fourth-order valence-electron chi connectivity index (χ4n) is 4.73. The predicted octanol–water partition coefficient (Wildman–Crippen LogP) is 6.29. The van der Waals surface area contributed by atoms with Gasteiger partial charge in [0.15, 0.2) is 5.78 Å². The number of benzene rings is 3. The number of hydrogen-bond acceptors (Lipinski definition) is 3. The van der Waals surface area contributed by atoms with E-state index in [4.69, 9.17) is 4.74 Å². The van der Waals surface area contributed by atoms with E-state index in [1.807, 2.05) is 30.3 Å². The topological polar surface area (TPSA) is 38.3 Å². The van der Waals surface area contributed by atoms with E-state index in [1.165, 1.54) is 11.1 Å². The maximum atomic E-state index is 11.9. The van der Waals surface area contributed by atoms with Crippen molar-refractivity contribution in [1.82, 2.24) is 0 Å². The number of carbonyl (C=O) groups excluding carboxylic acids is 1. The first-order valence-electron chi connectivity index (χ1n) is 10.5. The third-order valence-electron chi connectivity index (χ3n) is 6.26. The zero-order valence-corrected chi connectivity index (χ0v) is 17.0. The Labute approximate surface area is 177 Å². The van der Waals surface area contributed by atoms with Gasteiger partial charge in [-0.3, -0.25) is 4.79 Å². The van der Waals surface area contributed by atoms with E-state index in [2.05, 4.69) is 59.9 Å². The predicted molar refractivity (Wildman–Crippen MR) is 120 cm³/mol. The van der Waals surface area contributed by atoms with Crippen LogP contribution in [0, 0.1) is 5.92 Å². The number of rotatable bonds is 5. The van der Waals surface area contributed by atoms with Crippen LogP contribution in [-0.4, -0.2) is 5.78 Å². The Hall–Kier alpha value is -3.33. The van der Waals surface area contributed by atoms with Gasteiger partial charge >= 0.3 is 0 Å². The van der Waals surface area contributed by atoms with E-state index in [-0.39, 0.29) is 11.8 Å². The molecule has 1 heterocycles. The second kappa shape index (κ2) is 7.83. The minimum atomic E-state index is 0.109. The third-order valence-corrected chi connectivity index (χ3v) is 6.26.